The molecule has 0 fully saturated rings. The van der Waals surface area contributed by atoms with Crippen molar-refractivity contribution < 1.29 is 17.9 Å². The van der Waals surface area contributed by atoms with Gasteiger partial charge >= 0.3 is 0 Å². The van der Waals surface area contributed by atoms with Crippen LogP contribution in [0.25, 0.3) is 0 Å². The van der Waals surface area contributed by atoms with Crippen molar-refractivity contribution in [2.45, 2.75) is 33.1 Å². The molecule has 0 spiro atoms. The molecule has 1 N–H and O–H groups in total. The van der Waals surface area contributed by atoms with E-state index in [1.165, 1.54) is 6.07 Å². The van der Waals surface area contributed by atoms with E-state index in [4.69, 9.17) is 4.74 Å². The van der Waals surface area contributed by atoms with Gasteiger partial charge in [-0.3, -0.25) is 9.52 Å². The Morgan fingerprint density at radius 2 is 2.00 bits per heavy atom. The van der Waals surface area contributed by atoms with E-state index in [0.29, 0.717) is 36.3 Å². The molecule has 0 bridgehead atoms. The fraction of sp³-hybridized carbons (Fsp3) is 0.500. The van der Waals surface area contributed by atoms with Crippen molar-refractivity contribution in [2.75, 3.05) is 17.1 Å². The van der Waals surface area contributed by atoms with Gasteiger partial charge in [-0.15, -0.1) is 0 Å². The summed E-state index contributed by atoms with van der Waals surface area (Å²) in [5.74, 6) is 0.500. The molecule has 0 unspecified atom stereocenters. The van der Waals surface area contributed by atoms with E-state index in [2.05, 4.69) is 4.72 Å². The van der Waals surface area contributed by atoms with Crippen molar-refractivity contribution in [1.82, 2.24) is 0 Å². The normalized spacial score (nSPS) is 11.1. The molecule has 0 aliphatic carbocycles. The van der Waals surface area contributed by atoms with Gasteiger partial charge in [0.25, 0.3) is 0 Å². The molecule has 0 aliphatic heterocycles. The van der Waals surface area contributed by atoms with Crippen molar-refractivity contribution >= 4 is 22.0 Å². The summed E-state index contributed by atoms with van der Waals surface area (Å²) in [5.41, 5.74) is 0.723. The summed E-state index contributed by atoms with van der Waals surface area (Å²) in [6.07, 6.45) is 2.88. The molecule has 5 nitrogen and oxygen atoms in total. The van der Waals surface area contributed by atoms with Crippen LogP contribution in [0.4, 0.5) is 5.69 Å². The smallest absolute Gasteiger partial charge is 0.232 e. The molecular weight excluding hydrogens is 278 g/mol. The highest BCUT2D eigenvalue weighted by Gasteiger charge is 2.14. The maximum absolute atomic E-state index is 11.9. The lowest BCUT2D eigenvalue weighted by Crippen LogP contribution is -2.17. The molecule has 112 valence electrons. The third kappa shape index (κ3) is 5.21. The van der Waals surface area contributed by atoms with Crippen LogP contribution in [0.5, 0.6) is 5.75 Å². The van der Waals surface area contributed by atoms with Crippen LogP contribution in [0.2, 0.25) is 0 Å². The van der Waals surface area contributed by atoms with Gasteiger partial charge in [-0.1, -0.05) is 20.3 Å². The molecule has 0 aliphatic rings. The van der Waals surface area contributed by atoms with Crippen LogP contribution < -0.4 is 9.46 Å². The lowest BCUT2D eigenvalue weighted by Gasteiger charge is -2.13. The Morgan fingerprint density at radius 1 is 1.25 bits per heavy atom. The molecule has 1 rings (SSSR count). The van der Waals surface area contributed by atoms with Crippen molar-refractivity contribution in [1.29, 1.82) is 0 Å². The lowest BCUT2D eigenvalue weighted by atomic mass is 10.2. The number of carbonyl (C=O) groups is 1. The number of carbonyl (C=O) groups excluding carboxylic acids is 1. The Hall–Kier alpha value is -1.56. The third-order valence-electron chi connectivity index (χ3n) is 2.63. The first-order chi connectivity index (χ1) is 9.52. The van der Waals surface area contributed by atoms with Gasteiger partial charge in [0, 0.05) is 5.56 Å². The highest BCUT2D eigenvalue weighted by Crippen LogP contribution is 2.26. The van der Waals surface area contributed by atoms with Gasteiger partial charge in [-0.2, -0.15) is 0 Å². The fourth-order valence-electron chi connectivity index (χ4n) is 1.59. The predicted octanol–water partition coefficient (Wildman–Crippen LogP) is 2.83. The van der Waals surface area contributed by atoms with Crippen LogP contribution in [0, 0.1) is 0 Å². The van der Waals surface area contributed by atoms with Crippen LogP contribution >= 0.6 is 0 Å². The van der Waals surface area contributed by atoms with E-state index in [1.54, 1.807) is 12.1 Å². The van der Waals surface area contributed by atoms with Gasteiger partial charge in [0.1, 0.15) is 12.0 Å². The molecule has 0 amide bonds. The first kappa shape index (κ1) is 16.5. The number of nitrogens with one attached hydrogen (secondary N) is 1. The number of hydrogen-bond donors (Lipinski definition) is 1. The summed E-state index contributed by atoms with van der Waals surface area (Å²) in [5, 5.41) is 0. The molecule has 0 saturated carbocycles. The largest absolute Gasteiger partial charge is 0.491 e. The van der Waals surface area contributed by atoms with E-state index in [1.807, 2.05) is 13.8 Å². The molecule has 1 aromatic rings. The maximum atomic E-state index is 11.9. The first-order valence-electron chi connectivity index (χ1n) is 6.75. The van der Waals surface area contributed by atoms with Gasteiger partial charge in [-0.05, 0) is 31.0 Å². The maximum Gasteiger partial charge on any atom is 0.232 e. The average molecular weight is 299 g/mol. The highest BCUT2D eigenvalue weighted by atomic mass is 32.2. The quantitative estimate of drug-likeness (QED) is 0.712. The summed E-state index contributed by atoms with van der Waals surface area (Å²) in [4.78, 5) is 10.8. The second-order valence-electron chi connectivity index (χ2n) is 4.50. The zero-order valence-corrected chi connectivity index (χ0v) is 12.7. The van der Waals surface area contributed by atoms with E-state index < -0.39 is 10.0 Å². The zero-order chi connectivity index (χ0) is 15.0. The van der Waals surface area contributed by atoms with Crippen molar-refractivity contribution in [2.24, 2.45) is 0 Å². The summed E-state index contributed by atoms with van der Waals surface area (Å²) in [7, 11) is -3.42. The minimum Gasteiger partial charge on any atom is -0.491 e. The minimum atomic E-state index is -3.42. The fourth-order valence-corrected chi connectivity index (χ4v) is 2.86. The summed E-state index contributed by atoms with van der Waals surface area (Å²) < 4.78 is 31.8. The van der Waals surface area contributed by atoms with Gasteiger partial charge < -0.3 is 4.74 Å². The number of unbranched alkanes of at least 4 members (excludes halogenated alkanes) is 1. The topological polar surface area (TPSA) is 72.5 Å². The standard InChI is InChI=1S/C14H21NO4S/c1-3-5-9-20(17,18)15-13-10-12(11-16)6-7-14(13)19-8-4-2/h6-7,10-11,15H,3-5,8-9H2,1-2H3. The van der Waals surface area contributed by atoms with Crippen molar-refractivity contribution in [3.05, 3.63) is 23.8 Å². The Bertz CT molecular complexity index is 540. The number of ether oxygens (including phenoxy) is 1. The van der Waals surface area contributed by atoms with E-state index in [9.17, 15) is 13.2 Å². The Balaban J connectivity index is 2.97. The van der Waals surface area contributed by atoms with Crippen molar-refractivity contribution in [3.8, 4) is 5.75 Å². The van der Waals surface area contributed by atoms with Gasteiger partial charge in [-0.25, -0.2) is 8.42 Å². The molecular formula is C14H21NO4S. The number of hydrogen-bond acceptors (Lipinski definition) is 4. The molecule has 0 saturated heterocycles. The molecule has 0 atom stereocenters. The molecule has 1 aromatic carbocycles. The predicted molar refractivity (Wildman–Crippen MR) is 79.9 cm³/mol. The number of anilines is 1. The monoisotopic (exact) mass is 299 g/mol. The SMILES string of the molecule is CCCCS(=O)(=O)Nc1cc(C=O)ccc1OCCC. The summed E-state index contributed by atoms with van der Waals surface area (Å²) in [6.45, 7) is 4.38. The second kappa shape index (κ2) is 7.89. The molecule has 0 heterocycles. The van der Waals surface area contributed by atoms with Gasteiger partial charge in [0.05, 0.1) is 18.0 Å². The Kier molecular flexibility index (Phi) is 6.51. The van der Waals surface area contributed by atoms with Gasteiger partial charge in [0.2, 0.25) is 10.0 Å². The van der Waals surface area contributed by atoms with E-state index >= 15 is 0 Å². The number of sulfonamides is 1. The van der Waals surface area contributed by atoms with Gasteiger partial charge in [0.15, 0.2) is 0 Å². The van der Waals surface area contributed by atoms with Crippen LogP contribution in [0.15, 0.2) is 18.2 Å². The second-order valence-corrected chi connectivity index (χ2v) is 6.34. The van der Waals surface area contributed by atoms with Crippen LogP contribution in [-0.4, -0.2) is 27.1 Å². The van der Waals surface area contributed by atoms with E-state index in [0.717, 1.165) is 12.8 Å². The molecule has 0 radical (unpaired) electrons. The first-order valence-corrected chi connectivity index (χ1v) is 8.40. The highest BCUT2D eigenvalue weighted by molar-refractivity contribution is 7.92. The molecule has 20 heavy (non-hydrogen) atoms. The summed E-state index contributed by atoms with van der Waals surface area (Å²) >= 11 is 0. The lowest BCUT2D eigenvalue weighted by molar-refractivity contribution is 0.112. The van der Waals surface area contributed by atoms with Crippen LogP contribution in [-0.2, 0) is 10.0 Å². The van der Waals surface area contributed by atoms with Crippen LogP contribution in [0.1, 0.15) is 43.5 Å². The van der Waals surface area contributed by atoms with Crippen LogP contribution in [0.3, 0.4) is 0 Å². The van der Waals surface area contributed by atoms with Crippen molar-refractivity contribution in [3.63, 3.8) is 0 Å². The Labute approximate surface area is 120 Å². The molecule has 0 aromatic heterocycles. The number of benzene rings is 1. The Morgan fingerprint density at radius 3 is 2.60 bits per heavy atom. The molecule has 6 heteroatoms. The average Bonchev–Trinajstić information content (AvgIpc) is 2.43. The zero-order valence-electron chi connectivity index (χ0n) is 11.9. The number of aldehydes is 1. The third-order valence-corrected chi connectivity index (χ3v) is 3.99. The summed E-state index contributed by atoms with van der Waals surface area (Å²) in [6, 6.07) is 4.69. The minimum absolute atomic E-state index is 0.0576. The van der Waals surface area contributed by atoms with E-state index in [-0.39, 0.29) is 5.75 Å². The number of rotatable bonds is 9.